The summed E-state index contributed by atoms with van der Waals surface area (Å²) in [6, 6.07) is 12.5. The third-order valence-electron chi connectivity index (χ3n) is 4.29. The Morgan fingerprint density at radius 3 is 2.32 bits per heavy atom. The standard InChI is InChI=1S/C22H24N2O4/c1-3-4-15-5-12-19(20(13-15)27-2)28-14-21(25)23-17-8-10-18(11-9-17)24-22(26)16-6-7-16/h3-5,8-13,16H,6-7,14H2,1-2H3,(H,23,25)(H,24,26)/b4-3+. The molecule has 1 aliphatic rings. The zero-order valence-corrected chi connectivity index (χ0v) is 16.0. The lowest BCUT2D eigenvalue weighted by molar-refractivity contribution is -0.118. The summed E-state index contributed by atoms with van der Waals surface area (Å²) in [5.74, 6) is 0.998. The Morgan fingerprint density at radius 1 is 1.04 bits per heavy atom. The molecular weight excluding hydrogens is 356 g/mol. The van der Waals surface area contributed by atoms with Crippen LogP contribution in [0.4, 0.5) is 11.4 Å². The molecule has 0 saturated heterocycles. The maximum Gasteiger partial charge on any atom is 0.262 e. The van der Waals surface area contributed by atoms with Gasteiger partial charge in [-0.05, 0) is 61.7 Å². The Kier molecular flexibility index (Phi) is 6.32. The molecule has 2 N–H and O–H groups in total. The normalized spacial score (nSPS) is 13.2. The van der Waals surface area contributed by atoms with Gasteiger partial charge in [0.05, 0.1) is 7.11 Å². The smallest absolute Gasteiger partial charge is 0.262 e. The maximum absolute atomic E-state index is 12.2. The van der Waals surface area contributed by atoms with E-state index in [9.17, 15) is 9.59 Å². The van der Waals surface area contributed by atoms with Crippen molar-refractivity contribution in [3.63, 3.8) is 0 Å². The van der Waals surface area contributed by atoms with Gasteiger partial charge in [-0.1, -0.05) is 18.2 Å². The topological polar surface area (TPSA) is 76.7 Å². The van der Waals surface area contributed by atoms with Crippen LogP contribution in [0.3, 0.4) is 0 Å². The molecule has 2 aromatic carbocycles. The minimum Gasteiger partial charge on any atom is -0.493 e. The highest BCUT2D eigenvalue weighted by atomic mass is 16.5. The monoisotopic (exact) mass is 380 g/mol. The molecule has 0 heterocycles. The van der Waals surface area contributed by atoms with Crippen molar-refractivity contribution in [1.82, 2.24) is 0 Å². The first-order valence-corrected chi connectivity index (χ1v) is 9.23. The zero-order chi connectivity index (χ0) is 19.9. The number of ether oxygens (including phenoxy) is 2. The van der Waals surface area contributed by atoms with Gasteiger partial charge in [-0.25, -0.2) is 0 Å². The van der Waals surface area contributed by atoms with Crippen LogP contribution in [0.25, 0.3) is 6.08 Å². The fraction of sp³-hybridized carbons (Fsp3) is 0.273. The van der Waals surface area contributed by atoms with Crippen LogP contribution in [-0.2, 0) is 9.59 Å². The summed E-state index contributed by atoms with van der Waals surface area (Å²) in [6.45, 7) is 1.80. The molecule has 1 fully saturated rings. The Labute approximate surface area is 164 Å². The Hall–Kier alpha value is -3.28. The van der Waals surface area contributed by atoms with E-state index in [0.29, 0.717) is 17.2 Å². The number of amides is 2. The van der Waals surface area contributed by atoms with Gasteiger partial charge in [0.25, 0.3) is 5.91 Å². The Bertz CT molecular complexity index is 871. The lowest BCUT2D eigenvalue weighted by atomic mass is 10.2. The quantitative estimate of drug-likeness (QED) is 0.723. The van der Waals surface area contributed by atoms with E-state index in [2.05, 4.69) is 10.6 Å². The molecule has 6 nitrogen and oxygen atoms in total. The molecule has 2 aromatic rings. The summed E-state index contributed by atoms with van der Waals surface area (Å²) in [5, 5.41) is 5.63. The van der Waals surface area contributed by atoms with Crippen LogP contribution in [0.5, 0.6) is 11.5 Å². The number of benzene rings is 2. The first-order valence-electron chi connectivity index (χ1n) is 9.23. The van der Waals surface area contributed by atoms with Crippen molar-refractivity contribution in [2.24, 2.45) is 5.92 Å². The van der Waals surface area contributed by atoms with E-state index in [1.807, 2.05) is 31.2 Å². The molecule has 0 spiro atoms. The number of nitrogens with one attached hydrogen (secondary N) is 2. The van der Waals surface area contributed by atoms with Crippen molar-refractivity contribution in [2.75, 3.05) is 24.4 Å². The maximum atomic E-state index is 12.2. The summed E-state index contributed by atoms with van der Waals surface area (Å²) < 4.78 is 10.9. The summed E-state index contributed by atoms with van der Waals surface area (Å²) in [5.41, 5.74) is 2.34. The van der Waals surface area contributed by atoms with Crippen LogP contribution in [0.1, 0.15) is 25.3 Å². The number of hydrogen-bond acceptors (Lipinski definition) is 4. The van der Waals surface area contributed by atoms with Gasteiger partial charge in [-0.3, -0.25) is 9.59 Å². The van der Waals surface area contributed by atoms with Gasteiger partial charge in [-0.2, -0.15) is 0 Å². The highest BCUT2D eigenvalue weighted by Crippen LogP contribution is 2.30. The first kappa shape index (κ1) is 19.5. The molecule has 0 bridgehead atoms. The number of hydrogen-bond donors (Lipinski definition) is 2. The average molecular weight is 380 g/mol. The van der Waals surface area contributed by atoms with Crippen LogP contribution < -0.4 is 20.1 Å². The molecule has 0 atom stereocenters. The molecule has 0 unspecified atom stereocenters. The second-order valence-corrected chi connectivity index (χ2v) is 6.59. The van der Waals surface area contributed by atoms with Gasteiger partial charge in [0.1, 0.15) is 0 Å². The lowest BCUT2D eigenvalue weighted by Crippen LogP contribution is -2.20. The Balaban J connectivity index is 1.52. The van der Waals surface area contributed by atoms with Gasteiger partial charge >= 0.3 is 0 Å². The van der Waals surface area contributed by atoms with Crippen molar-refractivity contribution in [1.29, 1.82) is 0 Å². The van der Waals surface area contributed by atoms with Crippen LogP contribution >= 0.6 is 0 Å². The largest absolute Gasteiger partial charge is 0.493 e. The third kappa shape index (κ3) is 5.36. The second kappa shape index (κ2) is 9.08. The third-order valence-corrected chi connectivity index (χ3v) is 4.29. The van der Waals surface area contributed by atoms with E-state index < -0.39 is 0 Å². The van der Waals surface area contributed by atoms with Crippen molar-refractivity contribution < 1.29 is 19.1 Å². The van der Waals surface area contributed by atoms with Crippen molar-refractivity contribution in [2.45, 2.75) is 19.8 Å². The number of anilines is 2. The van der Waals surface area contributed by atoms with E-state index in [4.69, 9.17) is 9.47 Å². The fourth-order valence-electron chi connectivity index (χ4n) is 2.67. The molecule has 1 aliphatic carbocycles. The molecule has 146 valence electrons. The number of allylic oxidation sites excluding steroid dienone is 1. The summed E-state index contributed by atoms with van der Waals surface area (Å²) in [6.07, 6.45) is 5.81. The van der Waals surface area contributed by atoms with Crippen LogP contribution in [-0.4, -0.2) is 25.5 Å². The van der Waals surface area contributed by atoms with Crippen molar-refractivity contribution in [3.05, 3.63) is 54.1 Å². The van der Waals surface area contributed by atoms with E-state index >= 15 is 0 Å². The minimum absolute atomic E-state index is 0.0552. The number of methoxy groups -OCH3 is 1. The molecule has 0 radical (unpaired) electrons. The number of carbonyl (C=O) groups excluding carboxylic acids is 2. The lowest BCUT2D eigenvalue weighted by Gasteiger charge is -2.12. The van der Waals surface area contributed by atoms with Gasteiger partial charge in [0, 0.05) is 17.3 Å². The SMILES string of the molecule is C/C=C/c1ccc(OCC(=O)Nc2ccc(NC(=O)C3CC3)cc2)c(OC)c1. The molecule has 2 amide bonds. The predicted molar refractivity (Wildman–Crippen MR) is 110 cm³/mol. The highest BCUT2D eigenvalue weighted by molar-refractivity contribution is 5.95. The molecule has 0 aromatic heterocycles. The number of carbonyl (C=O) groups is 2. The van der Waals surface area contributed by atoms with Gasteiger partial charge < -0.3 is 20.1 Å². The van der Waals surface area contributed by atoms with Crippen LogP contribution in [0.2, 0.25) is 0 Å². The van der Waals surface area contributed by atoms with E-state index in [1.54, 1.807) is 37.4 Å². The zero-order valence-electron chi connectivity index (χ0n) is 16.0. The van der Waals surface area contributed by atoms with Crippen molar-refractivity contribution in [3.8, 4) is 11.5 Å². The molecule has 3 rings (SSSR count). The van der Waals surface area contributed by atoms with Gasteiger partial charge in [0.2, 0.25) is 5.91 Å². The van der Waals surface area contributed by atoms with Gasteiger partial charge in [-0.15, -0.1) is 0 Å². The van der Waals surface area contributed by atoms with Gasteiger partial charge in [0.15, 0.2) is 18.1 Å². The minimum atomic E-state index is -0.283. The van der Waals surface area contributed by atoms with Crippen LogP contribution in [0, 0.1) is 5.92 Å². The molecule has 1 saturated carbocycles. The van der Waals surface area contributed by atoms with E-state index in [1.165, 1.54) is 0 Å². The van der Waals surface area contributed by atoms with E-state index in [-0.39, 0.29) is 24.3 Å². The first-order chi connectivity index (χ1) is 13.6. The summed E-state index contributed by atoms with van der Waals surface area (Å²) in [7, 11) is 1.56. The number of rotatable bonds is 8. The van der Waals surface area contributed by atoms with Crippen molar-refractivity contribution >= 4 is 29.3 Å². The summed E-state index contributed by atoms with van der Waals surface area (Å²) in [4.78, 5) is 23.9. The fourth-order valence-corrected chi connectivity index (χ4v) is 2.67. The molecular formula is C22H24N2O4. The molecule has 6 heteroatoms. The predicted octanol–water partition coefficient (Wildman–Crippen LogP) is 4.09. The second-order valence-electron chi connectivity index (χ2n) is 6.59. The molecule has 28 heavy (non-hydrogen) atoms. The summed E-state index contributed by atoms with van der Waals surface area (Å²) >= 11 is 0. The average Bonchev–Trinajstić information content (AvgIpc) is 3.54. The van der Waals surface area contributed by atoms with E-state index in [0.717, 1.165) is 24.1 Å². The van der Waals surface area contributed by atoms with Crippen LogP contribution in [0.15, 0.2) is 48.5 Å². The highest BCUT2D eigenvalue weighted by Gasteiger charge is 2.29. The molecule has 0 aliphatic heterocycles. The Morgan fingerprint density at radius 2 is 1.71 bits per heavy atom.